The van der Waals surface area contributed by atoms with Crippen LogP contribution in [0.3, 0.4) is 0 Å². The first-order valence-corrected chi connectivity index (χ1v) is 14.4. The number of ether oxygens (including phenoxy) is 4. The van der Waals surface area contributed by atoms with Gasteiger partial charge < -0.3 is 44.8 Å². The van der Waals surface area contributed by atoms with Crippen LogP contribution < -0.4 is 35.6 Å². The van der Waals surface area contributed by atoms with Crippen molar-refractivity contribution in [3.05, 3.63) is 87.8 Å². The second-order valence-electron chi connectivity index (χ2n) is 11.4. The summed E-state index contributed by atoms with van der Waals surface area (Å²) in [6, 6.07) is 14.1. The Morgan fingerprint density at radius 2 is 1.71 bits per heavy atom. The highest BCUT2D eigenvalue weighted by Gasteiger charge is 2.48. The third-order valence-corrected chi connectivity index (χ3v) is 6.93. The van der Waals surface area contributed by atoms with E-state index in [0.29, 0.717) is 17.2 Å². The van der Waals surface area contributed by atoms with Crippen LogP contribution in [0.25, 0.3) is 0 Å². The molecule has 0 saturated carbocycles. The van der Waals surface area contributed by atoms with E-state index in [1.807, 2.05) is 30.3 Å². The minimum absolute atomic E-state index is 0.0271. The van der Waals surface area contributed by atoms with E-state index < -0.39 is 29.8 Å². The number of urea groups is 1. The summed E-state index contributed by atoms with van der Waals surface area (Å²) in [6.45, 7) is 5.65. The van der Waals surface area contributed by atoms with Crippen LogP contribution >= 0.6 is 0 Å². The highest BCUT2D eigenvalue weighted by molar-refractivity contribution is 5.92. The molecule has 4 N–H and O–H groups in total. The van der Waals surface area contributed by atoms with Crippen molar-refractivity contribution in [2.75, 3.05) is 20.8 Å². The van der Waals surface area contributed by atoms with E-state index in [1.54, 1.807) is 46.1 Å². The zero-order chi connectivity index (χ0) is 32.6. The Labute approximate surface area is 261 Å². The third kappa shape index (κ3) is 8.91. The zero-order valence-corrected chi connectivity index (χ0v) is 26.0. The summed E-state index contributed by atoms with van der Waals surface area (Å²) in [7, 11) is 3.06. The van der Waals surface area contributed by atoms with Gasteiger partial charge in [-0.15, -0.1) is 0 Å². The largest absolute Gasteiger partial charge is 0.497 e. The predicted molar refractivity (Wildman–Crippen MR) is 165 cm³/mol. The van der Waals surface area contributed by atoms with Crippen molar-refractivity contribution in [3.63, 3.8) is 0 Å². The van der Waals surface area contributed by atoms with Gasteiger partial charge in [0, 0.05) is 42.7 Å². The number of benzene rings is 2. The van der Waals surface area contributed by atoms with E-state index >= 15 is 0 Å². The first-order chi connectivity index (χ1) is 21.5. The molecule has 0 radical (unpaired) electrons. The first-order valence-electron chi connectivity index (χ1n) is 14.4. The van der Waals surface area contributed by atoms with Gasteiger partial charge in [-0.25, -0.2) is 9.59 Å². The van der Waals surface area contributed by atoms with Gasteiger partial charge in [-0.3, -0.25) is 9.59 Å². The lowest BCUT2D eigenvalue weighted by molar-refractivity contribution is -0.151. The number of alkyl carbamates (subject to hydrolysis) is 1. The molecule has 0 spiro atoms. The molecule has 0 bridgehead atoms. The minimum atomic E-state index is -0.913. The van der Waals surface area contributed by atoms with Gasteiger partial charge in [0.05, 0.1) is 26.8 Å². The van der Waals surface area contributed by atoms with Crippen LogP contribution in [-0.4, -0.2) is 66.4 Å². The van der Waals surface area contributed by atoms with Gasteiger partial charge in [-0.1, -0.05) is 30.3 Å². The summed E-state index contributed by atoms with van der Waals surface area (Å²) in [5.74, 6) is 0.957. The average molecular weight is 622 g/mol. The Bertz CT molecular complexity index is 1550. The molecule has 4 rings (SSSR count). The van der Waals surface area contributed by atoms with E-state index in [1.165, 1.54) is 24.3 Å². The van der Waals surface area contributed by atoms with E-state index in [0.717, 1.165) is 11.1 Å². The van der Waals surface area contributed by atoms with E-state index in [2.05, 4.69) is 20.9 Å². The minimum Gasteiger partial charge on any atom is -0.497 e. The molecule has 4 amide bonds. The number of rotatable bonds is 12. The lowest BCUT2D eigenvalue weighted by atomic mass is 9.93. The standard InChI is InChI=1S/C32H39N5O8/c1-32(2,3)45-31(41)36-28-24(37(29(28)39)18-21-11-12-23(42-4)14-26(21)43-5)16-35-30(40)34-15-22-13-25(38)27(17-33-22)44-19-20-9-7-6-8-10-20/h6-14,17,24,28H,15-16,18-19H2,1-5H3,(H,33,38)(H,36,41)(H2,34,35,40)/t24-,28+/m1/s1. The van der Waals surface area contributed by atoms with Crippen molar-refractivity contribution >= 4 is 18.0 Å². The van der Waals surface area contributed by atoms with E-state index in [-0.39, 0.29) is 43.3 Å². The van der Waals surface area contributed by atoms with E-state index in [4.69, 9.17) is 18.9 Å². The summed E-state index contributed by atoms with van der Waals surface area (Å²) in [5.41, 5.74) is 1.04. The second kappa shape index (κ2) is 14.5. The number of aromatic nitrogens is 1. The van der Waals surface area contributed by atoms with Gasteiger partial charge in [0.15, 0.2) is 5.75 Å². The molecular formula is C32H39N5O8. The molecule has 0 aliphatic carbocycles. The molecule has 45 heavy (non-hydrogen) atoms. The molecule has 2 atom stereocenters. The summed E-state index contributed by atoms with van der Waals surface area (Å²) in [6.07, 6.45) is 0.718. The molecule has 13 nitrogen and oxygen atoms in total. The molecule has 2 aromatic carbocycles. The van der Waals surface area contributed by atoms with Gasteiger partial charge >= 0.3 is 12.1 Å². The van der Waals surface area contributed by atoms with Gasteiger partial charge in [0.2, 0.25) is 11.3 Å². The second-order valence-corrected chi connectivity index (χ2v) is 11.4. The van der Waals surface area contributed by atoms with Crippen molar-refractivity contribution in [1.82, 2.24) is 25.8 Å². The average Bonchev–Trinajstić information content (AvgIpc) is 3.01. The fraction of sp³-hybridized carbons (Fsp3) is 0.375. The number of aromatic amines is 1. The number of amides is 4. The number of nitrogens with zero attached hydrogens (tertiary/aromatic N) is 1. The first kappa shape index (κ1) is 32.7. The van der Waals surface area contributed by atoms with Crippen LogP contribution in [0.5, 0.6) is 17.2 Å². The number of hydrogen-bond acceptors (Lipinski definition) is 8. The SMILES string of the molecule is COc1ccc(CN2C(=O)[C@@H](NC(=O)OC(C)(C)C)[C@H]2CNC(=O)NCc2cc(=O)c(OCc3ccccc3)c[nH]2)c(OC)c1. The third-order valence-electron chi connectivity index (χ3n) is 6.93. The molecule has 1 fully saturated rings. The molecule has 2 heterocycles. The van der Waals surface area contributed by atoms with Crippen LogP contribution in [0.1, 0.15) is 37.6 Å². The molecule has 0 unspecified atom stereocenters. The smallest absolute Gasteiger partial charge is 0.408 e. The number of nitrogens with one attached hydrogen (secondary N) is 4. The van der Waals surface area contributed by atoms with Gasteiger partial charge in [-0.05, 0) is 38.5 Å². The van der Waals surface area contributed by atoms with Crippen molar-refractivity contribution in [2.24, 2.45) is 0 Å². The monoisotopic (exact) mass is 621 g/mol. The molecule has 1 aromatic heterocycles. The summed E-state index contributed by atoms with van der Waals surface area (Å²) in [5, 5.41) is 8.06. The lowest BCUT2D eigenvalue weighted by Crippen LogP contribution is -2.73. The Morgan fingerprint density at radius 3 is 2.38 bits per heavy atom. The highest BCUT2D eigenvalue weighted by Crippen LogP contribution is 2.30. The topological polar surface area (TPSA) is 160 Å². The molecule has 1 saturated heterocycles. The van der Waals surface area contributed by atoms with Crippen LogP contribution in [0.15, 0.2) is 65.6 Å². The lowest BCUT2D eigenvalue weighted by Gasteiger charge is -2.47. The van der Waals surface area contributed by atoms with Gasteiger partial charge in [0.25, 0.3) is 0 Å². The number of methoxy groups -OCH3 is 2. The van der Waals surface area contributed by atoms with Crippen molar-refractivity contribution in [2.45, 2.75) is 58.2 Å². The summed E-state index contributed by atoms with van der Waals surface area (Å²) < 4.78 is 21.7. The van der Waals surface area contributed by atoms with Crippen molar-refractivity contribution in [3.8, 4) is 17.2 Å². The number of carbonyl (C=O) groups is 3. The number of carbonyl (C=O) groups excluding carboxylic acids is 3. The quantitative estimate of drug-likeness (QED) is 0.225. The Morgan fingerprint density at radius 1 is 0.956 bits per heavy atom. The highest BCUT2D eigenvalue weighted by atomic mass is 16.6. The maximum absolute atomic E-state index is 13.2. The summed E-state index contributed by atoms with van der Waals surface area (Å²) in [4.78, 5) is 55.4. The van der Waals surface area contributed by atoms with Crippen molar-refractivity contribution in [1.29, 1.82) is 0 Å². The van der Waals surface area contributed by atoms with Crippen LogP contribution in [0.4, 0.5) is 9.59 Å². The number of hydrogen-bond donors (Lipinski definition) is 4. The number of β-lactam (4-membered cyclic amide) rings is 1. The van der Waals surface area contributed by atoms with Crippen LogP contribution in [-0.2, 0) is 29.2 Å². The fourth-order valence-corrected chi connectivity index (χ4v) is 4.67. The Hall–Kier alpha value is -5.20. The Kier molecular flexibility index (Phi) is 10.6. The predicted octanol–water partition coefficient (Wildman–Crippen LogP) is 3.07. The number of likely N-dealkylation sites (tertiary alicyclic amines) is 1. The molecule has 1 aliphatic rings. The molecule has 3 aromatic rings. The van der Waals surface area contributed by atoms with Gasteiger partial charge in [-0.2, -0.15) is 0 Å². The maximum atomic E-state index is 13.2. The van der Waals surface area contributed by atoms with Crippen molar-refractivity contribution < 1.29 is 33.3 Å². The molecule has 13 heteroatoms. The number of H-pyrrole nitrogens is 1. The molecule has 240 valence electrons. The van der Waals surface area contributed by atoms with Gasteiger partial charge in [0.1, 0.15) is 29.7 Å². The summed E-state index contributed by atoms with van der Waals surface area (Å²) >= 11 is 0. The fourth-order valence-electron chi connectivity index (χ4n) is 4.67. The molecule has 1 aliphatic heterocycles. The number of pyridine rings is 1. The van der Waals surface area contributed by atoms with Crippen LogP contribution in [0, 0.1) is 0 Å². The molecular weight excluding hydrogens is 582 g/mol. The van der Waals surface area contributed by atoms with E-state index in [9.17, 15) is 19.2 Å². The Balaban J connectivity index is 1.36. The zero-order valence-electron chi connectivity index (χ0n) is 26.0. The normalized spacial score (nSPS) is 15.8. The maximum Gasteiger partial charge on any atom is 0.408 e. The van der Waals surface area contributed by atoms with Crippen LogP contribution in [0.2, 0.25) is 0 Å².